The maximum atomic E-state index is 13.2. The second-order valence-electron chi connectivity index (χ2n) is 7.20. The average molecular weight is 488 g/mol. The largest absolute Gasteiger partial charge is 0.467 e. The number of anilines is 1. The molecule has 170 valence electrons. The molecule has 0 radical (unpaired) electrons. The first kappa shape index (κ1) is 22.6. The maximum Gasteiger partial charge on any atom is 0.332 e. The van der Waals surface area contributed by atoms with Gasteiger partial charge in [-0.05, 0) is 30.3 Å². The average Bonchev–Trinajstić information content (AvgIpc) is 3.30. The topological polar surface area (TPSA) is 135 Å². The minimum absolute atomic E-state index is 0.0949. The van der Waals surface area contributed by atoms with Crippen molar-refractivity contribution in [1.29, 1.82) is 0 Å². The van der Waals surface area contributed by atoms with E-state index in [0.717, 1.165) is 20.9 Å². The molecule has 3 aromatic heterocycles. The molecule has 0 aliphatic carbocycles. The zero-order chi connectivity index (χ0) is 23.9. The fraction of sp³-hybridized carbons (Fsp3) is 0.190. The molecule has 4 rings (SSSR count). The second kappa shape index (κ2) is 8.75. The summed E-state index contributed by atoms with van der Waals surface area (Å²) < 4.78 is 8.60. The third kappa shape index (κ3) is 4.12. The minimum Gasteiger partial charge on any atom is -0.467 e. The van der Waals surface area contributed by atoms with Crippen LogP contribution in [-0.2, 0) is 20.6 Å². The van der Waals surface area contributed by atoms with Crippen molar-refractivity contribution < 1.29 is 9.21 Å². The van der Waals surface area contributed by atoms with Crippen LogP contribution >= 0.6 is 23.4 Å². The number of nitrogen functional groups attached to an aromatic ring is 1. The Balaban J connectivity index is 1.76. The number of ketones is 1. The molecule has 12 heteroatoms. The van der Waals surface area contributed by atoms with Crippen molar-refractivity contribution in [2.45, 2.75) is 11.7 Å². The molecule has 0 bridgehead atoms. The Morgan fingerprint density at radius 2 is 1.91 bits per heavy atom. The van der Waals surface area contributed by atoms with E-state index in [1.54, 1.807) is 30.3 Å². The Morgan fingerprint density at radius 1 is 1.15 bits per heavy atom. The summed E-state index contributed by atoms with van der Waals surface area (Å²) in [5.74, 6) is -0.538. The quantitative estimate of drug-likeness (QED) is 0.246. The molecule has 0 aliphatic rings. The lowest BCUT2D eigenvalue weighted by Gasteiger charge is -2.13. The van der Waals surface area contributed by atoms with Gasteiger partial charge in [0.2, 0.25) is 0 Å². The van der Waals surface area contributed by atoms with Crippen molar-refractivity contribution in [2.24, 2.45) is 14.1 Å². The maximum absolute atomic E-state index is 13.2. The number of Topliss-reactive ketones (excluding diaryl/α,β-unsaturated/α-hetero) is 1. The van der Waals surface area contributed by atoms with Gasteiger partial charge in [-0.25, -0.2) is 9.78 Å². The molecule has 3 heterocycles. The molecule has 0 saturated carbocycles. The summed E-state index contributed by atoms with van der Waals surface area (Å²) >= 11 is 7.03. The van der Waals surface area contributed by atoms with Crippen LogP contribution in [0.4, 0.5) is 5.82 Å². The van der Waals surface area contributed by atoms with Gasteiger partial charge in [0.1, 0.15) is 17.1 Å². The normalized spacial score (nSPS) is 11.2. The van der Waals surface area contributed by atoms with Crippen LogP contribution in [0, 0.1) is 0 Å². The highest BCUT2D eigenvalue weighted by atomic mass is 35.5. The van der Waals surface area contributed by atoms with E-state index in [1.807, 2.05) is 0 Å². The lowest BCUT2D eigenvalue weighted by atomic mass is 10.2. The molecule has 0 saturated heterocycles. The van der Waals surface area contributed by atoms with Crippen LogP contribution in [0.5, 0.6) is 0 Å². The molecule has 2 N–H and O–H groups in total. The highest BCUT2D eigenvalue weighted by Gasteiger charge is 2.22. The number of carbonyl (C=O) groups is 1. The van der Waals surface area contributed by atoms with E-state index in [-0.39, 0.29) is 34.4 Å². The summed E-state index contributed by atoms with van der Waals surface area (Å²) in [5, 5.41) is 1.00. The van der Waals surface area contributed by atoms with Crippen LogP contribution in [0.25, 0.3) is 10.9 Å². The third-order valence-electron chi connectivity index (χ3n) is 5.10. The van der Waals surface area contributed by atoms with E-state index in [0.29, 0.717) is 21.7 Å². The third-order valence-corrected chi connectivity index (χ3v) is 6.31. The highest BCUT2D eigenvalue weighted by Crippen LogP contribution is 2.22. The first-order valence-electron chi connectivity index (χ1n) is 9.63. The van der Waals surface area contributed by atoms with Gasteiger partial charge in [0, 0.05) is 19.1 Å². The first-order valence-corrected chi connectivity index (χ1v) is 11.0. The fourth-order valence-corrected chi connectivity index (χ4v) is 4.34. The number of fused-ring (bicyclic) bond motifs is 1. The summed E-state index contributed by atoms with van der Waals surface area (Å²) in [7, 11) is 2.64. The lowest BCUT2D eigenvalue weighted by molar-refractivity contribution is 0.102. The summed E-state index contributed by atoms with van der Waals surface area (Å²) in [6, 6.07) is 8.15. The van der Waals surface area contributed by atoms with E-state index >= 15 is 0 Å². The Morgan fingerprint density at radius 3 is 2.61 bits per heavy atom. The molecule has 0 atom stereocenters. The number of nitrogens with zero attached hydrogens (tertiary/aromatic N) is 4. The summed E-state index contributed by atoms with van der Waals surface area (Å²) in [6.07, 6.45) is 1.49. The van der Waals surface area contributed by atoms with Crippen molar-refractivity contribution in [1.82, 2.24) is 18.7 Å². The zero-order valence-electron chi connectivity index (χ0n) is 17.6. The van der Waals surface area contributed by atoms with Crippen LogP contribution in [0.15, 0.2) is 60.6 Å². The molecule has 0 fully saturated rings. The summed E-state index contributed by atoms with van der Waals surface area (Å²) in [4.78, 5) is 55.1. The van der Waals surface area contributed by atoms with Crippen LogP contribution in [0.3, 0.4) is 0 Å². The summed E-state index contributed by atoms with van der Waals surface area (Å²) in [6.45, 7) is 0.0949. The van der Waals surface area contributed by atoms with Crippen molar-refractivity contribution in [3.63, 3.8) is 0 Å². The smallest absolute Gasteiger partial charge is 0.332 e. The Kier molecular flexibility index (Phi) is 6.00. The van der Waals surface area contributed by atoms with E-state index in [9.17, 15) is 19.2 Å². The van der Waals surface area contributed by atoms with Crippen LogP contribution in [-0.4, -0.2) is 30.2 Å². The van der Waals surface area contributed by atoms with E-state index in [4.69, 9.17) is 21.8 Å². The van der Waals surface area contributed by atoms with Crippen molar-refractivity contribution in [2.75, 3.05) is 11.5 Å². The van der Waals surface area contributed by atoms with E-state index in [1.165, 1.54) is 24.9 Å². The monoisotopic (exact) mass is 487 g/mol. The SMILES string of the molecule is Cn1c(N)c(C(=O)CSc2nc3cc(Cl)ccc3c(=O)n2Cc2ccco2)c(=O)n(C)c1=O. The van der Waals surface area contributed by atoms with Crippen LogP contribution in [0.2, 0.25) is 5.02 Å². The number of halogens is 1. The Hall–Kier alpha value is -3.57. The van der Waals surface area contributed by atoms with E-state index in [2.05, 4.69) is 4.98 Å². The van der Waals surface area contributed by atoms with Gasteiger partial charge in [0.15, 0.2) is 10.9 Å². The molecule has 10 nitrogen and oxygen atoms in total. The Bertz CT molecular complexity index is 1570. The molecule has 0 unspecified atom stereocenters. The second-order valence-corrected chi connectivity index (χ2v) is 8.58. The van der Waals surface area contributed by atoms with Crippen molar-refractivity contribution in [3.05, 3.63) is 84.1 Å². The number of furan rings is 1. The summed E-state index contributed by atoms with van der Waals surface area (Å²) in [5.41, 5.74) is 4.20. The number of thioether (sulfide) groups is 1. The fourth-order valence-electron chi connectivity index (χ4n) is 3.31. The number of rotatable bonds is 6. The van der Waals surface area contributed by atoms with Gasteiger partial charge < -0.3 is 10.2 Å². The van der Waals surface area contributed by atoms with Gasteiger partial charge in [-0.3, -0.25) is 28.1 Å². The molecule has 33 heavy (non-hydrogen) atoms. The van der Waals surface area contributed by atoms with Gasteiger partial charge in [-0.15, -0.1) is 0 Å². The number of aromatic nitrogens is 4. The molecular formula is C21H18ClN5O5S. The predicted octanol–water partition coefficient (Wildman–Crippen LogP) is 1.65. The van der Waals surface area contributed by atoms with Gasteiger partial charge in [-0.1, -0.05) is 23.4 Å². The predicted molar refractivity (Wildman–Crippen MR) is 125 cm³/mol. The Labute approximate surface area is 195 Å². The molecule has 1 aromatic carbocycles. The van der Waals surface area contributed by atoms with Crippen molar-refractivity contribution >= 4 is 45.9 Å². The molecular weight excluding hydrogens is 470 g/mol. The molecule has 4 aromatic rings. The van der Waals surface area contributed by atoms with E-state index < -0.39 is 17.0 Å². The molecule has 0 amide bonds. The van der Waals surface area contributed by atoms with Crippen LogP contribution < -0.4 is 22.5 Å². The highest BCUT2D eigenvalue weighted by molar-refractivity contribution is 7.99. The van der Waals surface area contributed by atoms with Crippen LogP contribution in [0.1, 0.15) is 16.1 Å². The number of carbonyl (C=O) groups excluding carboxylic acids is 1. The van der Waals surface area contributed by atoms with Gasteiger partial charge >= 0.3 is 5.69 Å². The van der Waals surface area contributed by atoms with Crippen molar-refractivity contribution in [3.8, 4) is 0 Å². The minimum atomic E-state index is -0.785. The molecule has 0 aliphatic heterocycles. The standard InChI is InChI=1S/C21H18ClN5O5S/c1-25-17(23)16(19(30)26(2)21(25)31)15(28)10-33-20-24-14-8-11(22)5-6-13(14)18(29)27(20)9-12-4-3-7-32-12/h3-8H,9-10,23H2,1-2H3. The number of hydrogen-bond donors (Lipinski definition) is 1. The molecule has 0 spiro atoms. The number of hydrogen-bond acceptors (Lipinski definition) is 8. The van der Waals surface area contributed by atoms with Gasteiger partial charge in [0.05, 0.1) is 29.5 Å². The zero-order valence-corrected chi connectivity index (χ0v) is 19.1. The lowest BCUT2D eigenvalue weighted by Crippen LogP contribution is -2.41. The number of nitrogens with two attached hydrogens (primary N) is 1. The van der Waals surface area contributed by atoms with Gasteiger partial charge in [-0.2, -0.15) is 0 Å². The number of benzene rings is 1. The first-order chi connectivity index (χ1) is 15.7. The van der Waals surface area contributed by atoms with Gasteiger partial charge in [0.25, 0.3) is 11.1 Å².